The highest BCUT2D eigenvalue weighted by Gasteiger charge is 2.28. The van der Waals surface area contributed by atoms with Gasteiger partial charge in [-0.2, -0.15) is 0 Å². The van der Waals surface area contributed by atoms with Crippen LogP contribution in [0, 0.1) is 0 Å². The van der Waals surface area contributed by atoms with Crippen molar-refractivity contribution < 1.29 is 13.2 Å². The molecule has 1 amide bonds. The molecule has 2 aromatic rings. The molecule has 0 bridgehead atoms. The second-order valence-electron chi connectivity index (χ2n) is 5.20. The number of carbonyl (C=O) groups is 1. The third-order valence-corrected chi connectivity index (χ3v) is 5.39. The topological polar surface area (TPSA) is 79.0 Å². The molecule has 0 radical (unpaired) electrons. The van der Waals surface area contributed by atoms with Crippen molar-refractivity contribution in [2.45, 2.75) is 18.9 Å². The predicted octanol–water partition coefficient (Wildman–Crippen LogP) is 1.01. The van der Waals surface area contributed by atoms with Gasteiger partial charge in [-0.3, -0.25) is 4.79 Å². The molecule has 1 aliphatic heterocycles. The maximum atomic E-state index is 12.0. The Kier molecular flexibility index (Phi) is 3.25. The van der Waals surface area contributed by atoms with Crippen LogP contribution >= 0.6 is 0 Å². The first-order valence-corrected chi connectivity index (χ1v) is 8.40. The molecule has 5 nitrogen and oxygen atoms in total. The lowest BCUT2D eigenvalue weighted by atomic mass is 10.1. The Morgan fingerprint density at radius 1 is 1.35 bits per heavy atom. The van der Waals surface area contributed by atoms with Crippen molar-refractivity contribution in [3.05, 3.63) is 36.0 Å². The van der Waals surface area contributed by atoms with Gasteiger partial charge in [0.05, 0.1) is 17.9 Å². The fraction of sp³-hybridized carbons (Fsp3) is 0.357. The van der Waals surface area contributed by atoms with Crippen LogP contribution < -0.4 is 5.32 Å². The highest BCUT2D eigenvalue weighted by atomic mass is 32.2. The first-order chi connectivity index (χ1) is 9.53. The molecular formula is C14H16N2O3S. The van der Waals surface area contributed by atoms with Gasteiger partial charge in [-0.05, 0) is 18.1 Å². The minimum absolute atomic E-state index is 0.0621. The minimum atomic E-state index is -2.96. The molecule has 0 spiro atoms. The first-order valence-electron chi connectivity index (χ1n) is 6.58. The van der Waals surface area contributed by atoms with E-state index in [1.165, 1.54) is 0 Å². The number of aromatic nitrogens is 1. The second-order valence-corrected chi connectivity index (χ2v) is 7.43. The van der Waals surface area contributed by atoms with Crippen LogP contribution in [0.1, 0.15) is 12.0 Å². The van der Waals surface area contributed by atoms with Crippen molar-refractivity contribution in [2.24, 2.45) is 0 Å². The maximum Gasteiger partial charge on any atom is 0.224 e. The summed E-state index contributed by atoms with van der Waals surface area (Å²) < 4.78 is 22.7. The van der Waals surface area contributed by atoms with Gasteiger partial charge in [-0.25, -0.2) is 8.42 Å². The van der Waals surface area contributed by atoms with Gasteiger partial charge in [0.2, 0.25) is 5.91 Å². The first kappa shape index (κ1) is 13.2. The number of H-pyrrole nitrogens is 1. The summed E-state index contributed by atoms with van der Waals surface area (Å²) in [5.74, 6) is 0.106. The van der Waals surface area contributed by atoms with Crippen molar-refractivity contribution in [3.8, 4) is 0 Å². The van der Waals surface area contributed by atoms with Gasteiger partial charge in [0.25, 0.3) is 0 Å². The minimum Gasteiger partial charge on any atom is -0.361 e. The predicted molar refractivity (Wildman–Crippen MR) is 77.2 cm³/mol. The quantitative estimate of drug-likeness (QED) is 0.886. The number of fused-ring (bicyclic) bond motifs is 1. The number of rotatable bonds is 3. The molecular weight excluding hydrogens is 276 g/mol. The fourth-order valence-electron chi connectivity index (χ4n) is 2.64. The van der Waals surface area contributed by atoms with Crippen LogP contribution in [0.15, 0.2) is 30.5 Å². The van der Waals surface area contributed by atoms with Crippen molar-refractivity contribution in [2.75, 3.05) is 11.5 Å². The van der Waals surface area contributed by atoms with E-state index in [1.807, 2.05) is 30.5 Å². The summed E-state index contributed by atoms with van der Waals surface area (Å²) in [5, 5.41) is 3.83. The molecule has 106 valence electrons. The summed E-state index contributed by atoms with van der Waals surface area (Å²) in [6, 6.07) is 7.56. The van der Waals surface area contributed by atoms with E-state index in [0.717, 1.165) is 16.5 Å². The highest BCUT2D eigenvalue weighted by molar-refractivity contribution is 7.91. The zero-order valence-corrected chi connectivity index (χ0v) is 11.7. The van der Waals surface area contributed by atoms with Crippen molar-refractivity contribution >= 4 is 26.6 Å². The number of nitrogens with one attached hydrogen (secondary N) is 2. The van der Waals surface area contributed by atoms with Gasteiger partial charge in [0.1, 0.15) is 0 Å². The summed E-state index contributed by atoms with van der Waals surface area (Å²) in [6.45, 7) is 0. The molecule has 2 N–H and O–H groups in total. The molecule has 0 saturated carbocycles. The molecule has 1 fully saturated rings. The Morgan fingerprint density at radius 3 is 2.90 bits per heavy atom. The van der Waals surface area contributed by atoms with E-state index >= 15 is 0 Å². The van der Waals surface area contributed by atoms with E-state index in [4.69, 9.17) is 0 Å². The second kappa shape index (κ2) is 4.94. The van der Waals surface area contributed by atoms with Crippen molar-refractivity contribution in [1.82, 2.24) is 10.3 Å². The molecule has 1 saturated heterocycles. The maximum absolute atomic E-state index is 12.0. The van der Waals surface area contributed by atoms with Crippen LogP contribution in [0.2, 0.25) is 0 Å². The summed E-state index contributed by atoms with van der Waals surface area (Å²) in [6.07, 6.45) is 2.61. The van der Waals surface area contributed by atoms with Crippen LogP contribution in [0.4, 0.5) is 0 Å². The van der Waals surface area contributed by atoms with E-state index in [9.17, 15) is 13.2 Å². The smallest absolute Gasteiger partial charge is 0.224 e. The largest absolute Gasteiger partial charge is 0.361 e. The van der Waals surface area contributed by atoms with Crippen molar-refractivity contribution in [3.63, 3.8) is 0 Å². The average molecular weight is 292 g/mol. The van der Waals surface area contributed by atoms with E-state index < -0.39 is 9.84 Å². The lowest BCUT2D eigenvalue weighted by Gasteiger charge is -2.10. The van der Waals surface area contributed by atoms with Crippen LogP contribution in [-0.2, 0) is 21.1 Å². The number of amides is 1. The molecule has 6 heteroatoms. The number of aromatic amines is 1. The Balaban J connectivity index is 1.67. The molecule has 20 heavy (non-hydrogen) atoms. The average Bonchev–Trinajstić information content (AvgIpc) is 2.94. The van der Waals surface area contributed by atoms with Crippen LogP contribution in [0.5, 0.6) is 0 Å². The van der Waals surface area contributed by atoms with Crippen molar-refractivity contribution in [1.29, 1.82) is 0 Å². The summed E-state index contributed by atoms with van der Waals surface area (Å²) in [5.41, 5.74) is 1.93. The zero-order valence-electron chi connectivity index (χ0n) is 10.9. The lowest BCUT2D eigenvalue weighted by molar-refractivity contribution is -0.120. The Labute approximate surface area is 117 Å². The molecule has 3 rings (SSSR count). The van der Waals surface area contributed by atoms with Crippen LogP contribution in [-0.4, -0.2) is 36.9 Å². The summed E-state index contributed by atoms with van der Waals surface area (Å²) in [4.78, 5) is 15.1. The summed E-state index contributed by atoms with van der Waals surface area (Å²) in [7, 11) is -2.96. The Bertz CT molecular complexity index is 749. The number of para-hydroxylation sites is 1. The number of hydrogen-bond donors (Lipinski definition) is 2. The number of hydrogen-bond acceptors (Lipinski definition) is 3. The molecule has 1 atom stereocenters. The van der Waals surface area contributed by atoms with Gasteiger partial charge >= 0.3 is 0 Å². The van der Waals surface area contributed by atoms with Crippen LogP contribution in [0.3, 0.4) is 0 Å². The SMILES string of the molecule is O=C(Cc1c[nH]c2ccccc12)N[C@H]1CCS(=O)(=O)C1. The van der Waals surface area contributed by atoms with Gasteiger partial charge in [0, 0.05) is 23.1 Å². The molecule has 2 heterocycles. The Morgan fingerprint density at radius 2 is 2.15 bits per heavy atom. The molecule has 1 aromatic carbocycles. The molecule has 1 aromatic heterocycles. The molecule has 0 aliphatic carbocycles. The highest BCUT2D eigenvalue weighted by Crippen LogP contribution is 2.18. The molecule has 1 aliphatic rings. The standard InChI is InChI=1S/C14H16N2O3S/c17-14(16-11-5-6-20(18,19)9-11)7-10-8-15-13-4-2-1-3-12(10)13/h1-4,8,11,15H,5-7,9H2,(H,16,17)/t11-/m0/s1. The lowest BCUT2D eigenvalue weighted by Crippen LogP contribution is -2.36. The monoisotopic (exact) mass is 292 g/mol. The van der Waals surface area contributed by atoms with Gasteiger partial charge in [-0.1, -0.05) is 18.2 Å². The third kappa shape index (κ3) is 2.70. The van der Waals surface area contributed by atoms with Gasteiger partial charge < -0.3 is 10.3 Å². The van der Waals surface area contributed by atoms with E-state index in [0.29, 0.717) is 6.42 Å². The number of sulfone groups is 1. The van der Waals surface area contributed by atoms with Crippen LogP contribution in [0.25, 0.3) is 10.9 Å². The van der Waals surface area contributed by atoms with E-state index in [2.05, 4.69) is 10.3 Å². The van der Waals surface area contributed by atoms with E-state index in [-0.39, 0.29) is 29.9 Å². The normalized spacial score (nSPS) is 21.1. The third-order valence-electron chi connectivity index (χ3n) is 3.62. The molecule has 0 unspecified atom stereocenters. The Hall–Kier alpha value is -1.82. The zero-order chi connectivity index (χ0) is 14.2. The number of carbonyl (C=O) groups excluding carboxylic acids is 1. The van der Waals surface area contributed by atoms with Gasteiger partial charge in [-0.15, -0.1) is 0 Å². The van der Waals surface area contributed by atoms with E-state index in [1.54, 1.807) is 0 Å². The number of benzene rings is 1. The fourth-order valence-corrected chi connectivity index (χ4v) is 4.31. The van der Waals surface area contributed by atoms with Gasteiger partial charge in [0.15, 0.2) is 9.84 Å². The summed E-state index contributed by atoms with van der Waals surface area (Å²) >= 11 is 0.